The highest BCUT2D eigenvalue weighted by Gasteiger charge is 2.31. The van der Waals surface area contributed by atoms with Gasteiger partial charge in [-0.15, -0.1) is 0 Å². The van der Waals surface area contributed by atoms with Crippen molar-refractivity contribution in [2.24, 2.45) is 0 Å². The van der Waals surface area contributed by atoms with Crippen LogP contribution in [-0.2, 0) is 26.9 Å². The van der Waals surface area contributed by atoms with Crippen molar-refractivity contribution in [2.45, 2.75) is 64.5 Å². The maximum Gasteiger partial charge on any atom is 0.416 e. The van der Waals surface area contributed by atoms with Crippen molar-refractivity contribution in [3.63, 3.8) is 0 Å². The van der Waals surface area contributed by atoms with Gasteiger partial charge in [0.15, 0.2) is 0 Å². The first-order valence-electron chi connectivity index (χ1n) is 12.8. The molecule has 0 aromatic heterocycles. The number of alkyl halides is 3. The van der Waals surface area contributed by atoms with Crippen LogP contribution >= 0.6 is 0 Å². The third kappa shape index (κ3) is 8.38. The molecule has 0 saturated carbocycles. The van der Waals surface area contributed by atoms with Gasteiger partial charge in [0.2, 0.25) is 0 Å². The quantitative estimate of drug-likeness (QED) is 0.221. The van der Waals surface area contributed by atoms with E-state index in [1.165, 1.54) is 12.1 Å². The molecule has 0 radical (unpaired) electrons. The fourth-order valence-electron chi connectivity index (χ4n) is 4.68. The van der Waals surface area contributed by atoms with E-state index in [1.54, 1.807) is 32.9 Å². The van der Waals surface area contributed by atoms with E-state index in [9.17, 15) is 27.5 Å². The summed E-state index contributed by atoms with van der Waals surface area (Å²) in [5.74, 6) is -0.886. The number of nitrogens with zero attached hydrogens (tertiary/aromatic N) is 1. The summed E-state index contributed by atoms with van der Waals surface area (Å²) in [7, 11) is 0. The first kappa shape index (κ1) is 29.8. The van der Waals surface area contributed by atoms with E-state index < -0.39 is 29.9 Å². The number of carbonyl (C=O) groups excluding carboxylic acids is 1. The highest BCUT2D eigenvalue weighted by Crippen LogP contribution is 2.33. The molecule has 38 heavy (non-hydrogen) atoms. The topological polar surface area (TPSA) is 59.0 Å². The highest BCUT2D eigenvalue weighted by molar-refractivity contribution is 5.87. The molecule has 0 unspecified atom stereocenters. The minimum atomic E-state index is -4.54. The molecule has 5 nitrogen and oxygen atoms in total. The van der Waals surface area contributed by atoms with Crippen molar-refractivity contribution in [3.8, 4) is 0 Å². The number of aliphatic hydroxyl groups is 1. The molecule has 2 aromatic carbocycles. The highest BCUT2D eigenvalue weighted by atomic mass is 19.4. The standard InChI is InChI=1S/C29H35F4NO4/c1-4-37-28(36)12-9-22-16-23(29(31,32)33)10-11-26(22)20(3)38-18-25(35)17-34-13-5-6-24(34)14-21-8-7-19(2)27(30)15-21/h7-12,15-16,20,24-25,35H,4-6,13-14,17-18H2,1-3H3/t20-,24+,25-/m1/s1. The molecule has 0 spiro atoms. The molecular weight excluding hydrogens is 502 g/mol. The number of halogens is 4. The Bertz CT molecular complexity index is 1120. The van der Waals surface area contributed by atoms with Crippen molar-refractivity contribution in [2.75, 3.05) is 26.3 Å². The summed E-state index contributed by atoms with van der Waals surface area (Å²) in [6.45, 7) is 6.35. The fourth-order valence-corrected chi connectivity index (χ4v) is 4.68. The minimum absolute atomic E-state index is 0.0222. The molecule has 208 valence electrons. The van der Waals surface area contributed by atoms with Crippen molar-refractivity contribution in [1.82, 2.24) is 4.90 Å². The zero-order chi connectivity index (χ0) is 27.9. The Labute approximate surface area is 221 Å². The summed E-state index contributed by atoms with van der Waals surface area (Å²) < 4.78 is 64.4. The molecule has 0 bridgehead atoms. The van der Waals surface area contributed by atoms with Gasteiger partial charge in [0.25, 0.3) is 0 Å². The number of rotatable bonds is 11. The number of likely N-dealkylation sites (tertiary alicyclic amines) is 1. The zero-order valence-corrected chi connectivity index (χ0v) is 21.9. The van der Waals surface area contributed by atoms with Crippen LogP contribution in [-0.4, -0.2) is 54.4 Å². The lowest BCUT2D eigenvalue weighted by Gasteiger charge is -2.27. The number of aliphatic hydroxyl groups excluding tert-OH is 1. The number of esters is 1. The molecule has 0 amide bonds. The van der Waals surface area contributed by atoms with Gasteiger partial charge in [0.05, 0.1) is 31.0 Å². The van der Waals surface area contributed by atoms with E-state index in [0.29, 0.717) is 24.1 Å². The Kier molecular flexibility index (Phi) is 10.5. The molecule has 1 saturated heterocycles. The summed E-state index contributed by atoms with van der Waals surface area (Å²) in [6.07, 6.45) is -1.03. The lowest BCUT2D eigenvalue weighted by molar-refractivity contribution is -0.138. The number of benzene rings is 2. The van der Waals surface area contributed by atoms with Gasteiger partial charge in [-0.2, -0.15) is 13.2 Å². The van der Waals surface area contributed by atoms with Gasteiger partial charge < -0.3 is 14.6 Å². The van der Waals surface area contributed by atoms with Crippen LogP contribution in [0.4, 0.5) is 17.6 Å². The Morgan fingerprint density at radius 2 is 2.00 bits per heavy atom. The van der Waals surface area contributed by atoms with E-state index >= 15 is 0 Å². The number of aryl methyl sites for hydroxylation is 1. The number of β-amino-alcohol motifs (C(OH)–C–C–N with tert-alkyl or cyclic N) is 1. The Morgan fingerprint density at radius 1 is 1.24 bits per heavy atom. The van der Waals surface area contributed by atoms with Crippen molar-refractivity contribution in [1.29, 1.82) is 0 Å². The smallest absolute Gasteiger partial charge is 0.416 e. The Morgan fingerprint density at radius 3 is 2.68 bits per heavy atom. The van der Waals surface area contributed by atoms with E-state index in [1.807, 2.05) is 6.07 Å². The lowest BCUT2D eigenvalue weighted by atomic mass is 9.99. The van der Waals surface area contributed by atoms with Gasteiger partial charge >= 0.3 is 12.1 Å². The van der Waals surface area contributed by atoms with Crippen LogP contribution < -0.4 is 0 Å². The maximum atomic E-state index is 14.0. The molecular formula is C29H35F4NO4. The monoisotopic (exact) mass is 537 g/mol. The average Bonchev–Trinajstić information content (AvgIpc) is 3.29. The third-order valence-corrected chi connectivity index (χ3v) is 6.73. The predicted octanol–water partition coefficient (Wildman–Crippen LogP) is 5.87. The fraction of sp³-hybridized carbons (Fsp3) is 0.483. The second-order valence-electron chi connectivity index (χ2n) is 9.63. The van der Waals surface area contributed by atoms with Crippen LogP contribution in [0.1, 0.15) is 60.6 Å². The van der Waals surface area contributed by atoms with Gasteiger partial charge in [-0.3, -0.25) is 4.90 Å². The van der Waals surface area contributed by atoms with Crippen LogP contribution in [0.15, 0.2) is 42.5 Å². The van der Waals surface area contributed by atoms with Gasteiger partial charge in [-0.25, -0.2) is 9.18 Å². The first-order chi connectivity index (χ1) is 18.0. The Hall–Kier alpha value is -2.75. The van der Waals surface area contributed by atoms with Crippen LogP contribution in [0.5, 0.6) is 0 Å². The second-order valence-corrected chi connectivity index (χ2v) is 9.63. The number of hydrogen-bond donors (Lipinski definition) is 1. The maximum absolute atomic E-state index is 14.0. The van der Waals surface area contributed by atoms with Gasteiger partial charge in [-0.05, 0) is 93.1 Å². The van der Waals surface area contributed by atoms with Gasteiger partial charge in [0, 0.05) is 18.7 Å². The molecule has 3 rings (SSSR count). The largest absolute Gasteiger partial charge is 0.463 e. The summed E-state index contributed by atoms with van der Waals surface area (Å²) in [4.78, 5) is 13.9. The molecule has 1 heterocycles. The number of hydrogen-bond acceptors (Lipinski definition) is 5. The molecule has 3 atom stereocenters. The minimum Gasteiger partial charge on any atom is -0.463 e. The van der Waals surface area contributed by atoms with Crippen LogP contribution in [0, 0.1) is 12.7 Å². The second kappa shape index (κ2) is 13.4. The van der Waals surface area contributed by atoms with Crippen LogP contribution in [0.3, 0.4) is 0 Å². The molecule has 0 aliphatic carbocycles. The summed E-state index contributed by atoms with van der Waals surface area (Å²) >= 11 is 0. The third-order valence-electron chi connectivity index (χ3n) is 6.73. The van der Waals surface area contributed by atoms with E-state index in [4.69, 9.17) is 9.47 Å². The molecule has 1 aliphatic heterocycles. The van der Waals surface area contributed by atoms with Crippen LogP contribution in [0.2, 0.25) is 0 Å². The van der Waals surface area contributed by atoms with Gasteiger partial charge in [-0.1, -0.05) is 18.2 Å². The SMILES string of the molecule is CCOC(=O)C=Cc1cc(C(F)(F)F)ccc1[C@@H](C)OC[C@H](O)CN1CCC[C@H]1Cc1ccc(C)c(F)c1. The van der Waals surface area contributed by atoms with Crippen molar-refractivity contribution < 1.29 is 36.9 Å². The van der Waals surface area contributed by atoms with E-state index in [2.05, 4.69) is 4.90 Å². The molecule has 9 heteroatoms. The summed E-state index contributed by atoms with van der Waals surface area (Å²) in [5, 5.41) is 10.7. The normalized spacial score (nSPS) is 18.2. The molecule has 2 aromatic rings. The number of ether oxygens (including phenoxy) is 2. The predicted molar refractivity (Wildman–Crippen MR) is 137 cm³/mol. The van der Waals surface area contributed by atoms with Crippen LogP contribution in [0.25, 0.3) is 6.08 Å². The first-order valence-corrected chi connectivity index (χ1v) is 12.8. The van der Waals surface area contributed by atoms with Crippen molar-refractivity contribution >= 4 is 12.0 Å². The zero-order valence-electron chi connectivity index (χ0n) is 21.9. The lowest BCUT2D eigenvalue weighted by Crippen LogP contribution is -2.39. The number of carbonyl (C=O) groups is 1. The summed E-state index contributed by atoms with van der Waals surface area (Å²) in [6, 6.07) is 8.69. The molecule has 1 fully saturated rings. The Balaban J connectivity index is 1.62. The summed E-state index contributed by atoms with van der Waals surface area (Å²) in [5.41, 5.74) is 1.30. The van der Waals surface area contributed by atoms with E-state index in [0.717, 1.165) is 43.2 Å². The molecule has 1 N–H and O–H groups in total. The van der Waals surface area contributed by atoms with Gasteiger partial charge in [0.1, 0.15) is 5.82 Å². The average molecular weight is 538 g/mol. The molecule has 1 aliphatic rings. The van der Waals surface area contributed by atoms with Crippen molar-refractivity contribution in [3.05, 3.63) is 76.1 Å². The van der Waals surface area contributed by atoms with E-state index in [-0.39, 0.29) is 30.6 Å².